The number of hydrogen-bond donors (Lipinski definition) is 1. The van der Waals surface area contributed by atoms with E-state index in [0.717, 1.165) is 89.0 Å². The van der Waals surface area contributed by atoms with Crippen molar-refractivity contribution in [3.63, 3.8) is 0 Å². The van der Waals surface area contributed by atoms with Crippen LogP contribution in [0.1, 0.15) is 28.7 Å². The van der Waals surface area contributed by atoms with Crippen LogP contribution in [0.2, 0.25) is 19.1 Å². The molecule has 7 heterocycles. The first-order valence-electron chi connectivity index (χ1n) is 19.3. The molecule has 0 radical (unpaired) electrons. The van der Waals surface area contributed by atoms with Gasteiger partial charge in [0.2, 0.25) is 0 Å². The fraction of sp³-hybridized carbons (Fsp3) is 0.238. The molecule has 1 fully saturated rings. The van der Waals surface area contributed by atoms with E-state index in [2.05, 4.69) is 29.9 Å². The van der Waals surface area contributed by atoms with E-state index in [9.17, 15) is 4.80 Å². The molecule has 14 heteroatoms. The zero-order chi connectivity index (χ0) is 37.8. The number of aromatic nitrogens is 2. The highest BCUT2D eigenvalue weighted by Gasteiger charge is 2.52. The molecule has 2 aromatic heterocycles. The number of piperazine rings is 1. The van der Waals surface area contributed by atoms with Crippen LogP contribution in [0.3, 0.4) is 0 Å². The number of nitrogens with zero attached hydrogens (tertiary/aromatic N) is 10. The third-order valence-corrected chi connectivity index (χ3v) is 18.5. The molecule has 0 amide bonds. The van der Waals surface area contributed by atoms with Gasteiger partial charge in [-0.1, -0.05) is 97.1 Å². The molecular formula is C42H40N10O2Si2. The van der Waals surface area contributed by atoms with Gasteiger partial charge in [0.25, 0.3) is 0 Å². The fourth-order valence-corrected chi connectivity index (χ4v) is 15.9. The standard InChI is InChI=1S/C42H40N10O2Si2/c1-49-22-24-50(25-23-49)21-12-26-55(2,3)54-56(53)51-39-31-17-8-9-18-32(31)41(51)47-37-29-15-6-7-16-30(29)38(44-37)48-42-34-20-11-10-19-33(34)40(52(42)56)46-36-28-14-5-4-13-27(28)35(43-36)45-39/h4-11,13-20,53H,12,21-26H2,1-3H3. The SMILES string of the molecule is CN1CCN(CCC[Si](C)(C)O[Si]2(O)n3c4c5ccccc5c3N=C3N=C(N=c5c6ccccc6c(n52)=NC2=NC(=N4)c4ccccc42)c2ccccc23)CC1. The predicted octanol–water partition coefficient (Wildman–Crippen LogP) is 5.22. The molecule has 12 nitrogen and oxygen atoms in total. The first kappa shape index (κ1) is 33.8. The van der Waals surface area contributed by atoms with Crippen LogP contribution in [0, 0.1) is 0 Å². The summed E-state index contributed by atoms with van der Waals surface area (Å²) >= 11 is 0. The maximum absolute atomic E-state index is 14.3. The minimum absolute atomic E-state index is 0.524. The second-order valence-electron chi connectivity index (χ2n) is 15.8. The molecule has 0 aliphatic carbocycles. The van der Waals surface area contributed by atoms with Crippen LogP contribution in [0.4, 0.5) is 11.6 Å². The number of amidine groups is 4. The minimum atomic E-state index is -4.54. The normalized spacial score (nSPS) is 20.1. The number of aliphatic imine (C=N–C) groups is 4. The van der Waals surface area contributed by atoms with Crippen LogP contribution in [0.15, 0.2) is 127 Å². The molecule has 278 valence electrons. The van der Waals surface area contributed by atoms with E-state index in [0.29, 0.717) is 46.0 Å². The number of benzene rings is 4. The van der Waals surface area contributed by atoms with Crippen LogP contribution in [0.25, 0.3) is 21.5 Å². The molecule has 5 aliphatic rings. The lowest BCUT2D eigenvalue weighted by molar-refractivity contribution is 0.154. The molecule has 11 rings (SSSR count). The van der Waals surface area contributed by atoms with Gasteiger partial charge in [0.05, 0.1) is 0 Å². The van der Waals surface area contributed by atoms with Gasteiger partial charge in [0, 0.05) is 70.0 Å². The Morgan fingerprint density at radius 2 is 1.00 bits per heavy atom. The molecule has 1 N–H and O–H groups in total. The molecule has 6 aromatic rings. The third-order valence-electron chi connectivity index (χ3n) is 11.6. The summed E-state index contributed by atoms with van der Waals surface area (Å²) in [6, 6.07) is 33.1. The van der Waals surface area contributed by atoms with Crippen molar-refractivity contribution in [2.45, 2.75) is 25.6 Å². The fourth-order valence-electron chi connectivity index (χ4n) is 8.76. The average molecular weight is 773 g/mol. The Labute approximate surface area is 325 Å². The monoisotopic (exact) mass is 772 g/mol. The molecule has 4 aromatic carbocycles. The van der Waals surface area contributed by atoms with E-state index >= 15 is 0 Å². The Kier molecular flexibility index (Phi) is 7.56. The van der Waals surface area contributed by atoms with Crippen LogP contribution >= 0.6 is 0 Å². The maximum Gasteiger partial charge on any atom is 0.589 e. The zero-order valence-electron chi connectivity index (χ0n) is 31.5. The molecule has 1 saturated heterocycles. The summed E-state index contributed by atoms with van der Waals surface area (Å²) in [5.74, 6) is 3.15. The quantitative estimate of drug-likeness (QED) is 0.234. The molecule has 1 atom stereocenters. The van der Waals surface area contributed by atoms with Crippen molar-refractivity contribution in [3.8, 4) is 0 Å². The zero-order valence-corrected chi connectivity index (χ0v) is 33.5. The summed E-state index contributed by atoms with van der Waals surface area (Å²) in [4.78, 5) is 50.9. The lowest BCUT2D eigenvalue weighted by Gasteiger charge is -2.36. The summed E-state index contributed by atoms with van der Waals surface area (Å²) in [5.41, 5.74) is 4.54. The number of hydrogen-bond acceptors (Lipinski definition) is 10. The van der Waals surface area contributed by atoms with Gasteiger partial charge in [-0.05, 0) is 39.2 Å². The Morgan fingerprint density at radius 1 is 0.571 bits per heavy atom. The Bertz CT molecular complexity index is 2750. The van der Waals surface area contributed by atoms with Crippen molar-refractivity contribution in [1.82, 2.24) is 18.3 Å². The predicted molar refractivity (Wildman–Crippen MR) is 225 cm³/mol. The number of rotatable bonds is 6. The summed E-state index contributed by atoms with van der Waals surface area (Å²) in [6.45, 7) is 9.70. The Hall–Kier alpha value is -5.49. The molecular weight excluding hydrogens is 733 g/mol. The van der Waals surface area contributed by atoms with Crippen molar-refractivity contribution in [3.05, 3.63) is 130 Å². The molecule has 0 spiro atoms. The van der Waals surface area contributed by atoms with E-state index in [4.69, 9.17) is 34.1 Å². The van der Waals surface area contributed by atoms with Crippen LogP contribution < -0.4 is 11.0 Å². The van der Waals surface area contributed by atoms with Gasteiger partial charge in [-0.3, -0.25) is 8.47 Å². The number of fused-ring (bicyclic) bond motifs is 14. The first-order chi connectivity index (χ1) is 27.3. The van der Waals surface area contributed by atoms with Crippen molar-refractivity contribution >= 4 is 73.7 Å². The highest BCUT2D eigenvalue weighted by molar-refractivity contribution is 6.82. The second kappa shape index (κ2) is 12.5. The molecule has 56 heavy (non-hydrogen) atoms. The molecule has 1 unspecified atom stereocenters. The van der Waals surface area contributed by atoms with Gasteiger partial charge < -0.3 is 18.7 Å². The highest BCUT2D eigenvalue weighted by Crippen LogP contribution is 2.43. The van der Waals surface area contributed by atoms with E-state index in [1.165, 1.54) is 0 Å². The summed E-state index contributed by atoms with van der Waals surface area (Å²) in [7, 11) is -5.05. The topological polar surface area (TPSA) is 120 Å². The second-order valence-corrected chi connectivity index (χ2v) is 22.7. The van der Waals surface area contributed by atoms with Gasteiger partial charge in [0.15, 0.2) is 31.7 Å². The summed E-state index contributed by atoms with van der Waals surface area (Å²) in [6.07, 6.45) is 0.964. The van der Waals surface area contributed by atoms with Crippen LogP contribution in [0.5, 0.6) is 0 Å². The van der Waals surface area contributed by atoms with Crippen molar-refractivity contribution in [2.75, 3.05) is 39.8 Å². The van der Waals surface area contributed by atoms with E-state index < -0.39 is 17.2 Å². The smallest absolute Gasteiger partial charge is 0.404 e. The Morgan fingerprint density at radius 3 is 1.48 bits per heavy atom. The van der Waals surface area contributed by atoms with Crippen molar-refractivity contribution in [2.24, 2.45) is 30.0 Å². The van der Waals surface area contributed by atoms with Crippen molar-refractivity contribution < 1.29 is 8.91 Å². The van der Waals surface area contributed by atoms with Gasteiger partial charge in [-0.15, -0.1) is 0 Å². The van der Waals surface area contributed by atoms with Gasteiger partial charge in [-0.2, -0.15) is 0 Å². The molecule has 5 aliphatic heterocycles. The van der Waals surface area contributed by atoms with E-state index in [1.54, 1.807) is 0 Å². The summed E-state index contributed by atoms with van der Waals surface area (Å²) < 4.78 is 11.4. The van der Waals surface area contributed by atoms with Crippen LogP contribution in [-0.2, 0) is 4.12 Å². The lowest BCUT2D eigenvalue weighted by Crippen LogP contribution is -2.65. The third kappa shape index (κ3) is 5.17. The van der Waals surface area contributed by atoms with Gasteiger partial charge >= 0.3 is 8.88 Å². The van der Waals surface area contributed by atoms with Gasteiger partial charge in [0.1, 0.15) is 22.6 Å². The maximum atomic E-state index is 14.3. The van der Waals surface area contributed by atoms with Crippen LogP contribution in [-0.4, -0.2) is 103 Å². The average Bonchev–Trinajstić information content (AvgIpc) is 3.92. The van der Waals surface area contributed by atoms with Crippen molar-refractivity contribution in [1.29, 1.82) is 0 Å². The summed E-state index contributed by atoms with van der Waals surface area (Å²) in [5, 5.41) is 3.31. The first-order valence-corrected chi connectivity index (χ1v) is 24.2. The molecule has 0 saturated carbocycles. The van der Waals surface area contributed by atoms with E-state index in [-0.39, 0.29) is 0 Å². The highest BCUT2D eigenvalue weighted by atomic mass is 28.5. The minimum Gasteiger partial charge on any atom is -0.404 e. The number of likely N-dealkylation sites (N-methyl/N-ethyl adjacent to an activating group) is 1. The van der Waals surface area contributed by atoms with E-state index in [1.807, 2.05) is 106 Å². The van der Waals surface area contributed by atoms with Gasteiger partial charge in [-0.25, -0.2) is 30.0 Å². The largest absolute Gasteiger partial charge is 0.589 e. The Balaban J connectivity index is 1.25. The molecule has 6 bridgehead atoms. The lowest BCUT2D eigenvalue weighted by atomic mass is 10.1.